The summed E-state index contributed by atoms with van der Waals surface area (Å²) in [5, 5.41) is 12.0. The van der Waals surface area contributed by atoms with Gasteiger partial charge in [-0.1, -0.05) is 80.4 Å². The third kappa shape index (κ3) is 4.05. The average molecular weight is 365 g/mol. The maximum Gasteiger partial charge on any atom is 0.310 e. The minimum absolute atomic E-state index is 0.314. The lowest BCUT2D eigenvalue weighted by Crippen LogP contribution is -2.55. The molecule has 2 aromatic rings. The highest BCUT2D eigenvalue weighted by atomic mass is 16.5. The summed E-state index contributed by atoms with van der Waals surface area (Å²) in [5.74, 6) is -3.55. The Kier molecular flexibility index (Phi) is 6.28. The lowest BCUT2D eigenvalue weighted by atomic mass is 9.52. The third-order valence-electron chi connectivity index (χ3n) is 5.45. The first kappa shape index (κ1) is 19.2. The van der Waals surface area contributed by atoms with E-state index in [-0.39, 0.29) is 5.97 Å². The molecule has 0 N–H and O–H groups in total. The number of esters is 1. The zero-order chi connectivity index (χ0) is 19.2. The van der Waals surface area contributed by atoms with Gasteiger partial charge in [-0.15, -0.1) is 0 Å². The molecule has 4 heteroatoms. The van der Waals surface area contributed by atoms with Gasteiger partial charge in [0.25, 0.3) is 0 Å². The summed E-state index contributed by atoms with van der Waals surface area (Å²) in [7, 11) is 0. The van der Waals surface area contributed by atoms with Gasteiger partial charge in [-0.25, -0.2) is 0 Å². The van der Waals surface area contributed by atoms with Crippen LogP contribution in [0.3, 0.4) is 0 Å². The number of hydrogen-bond donors (Lipinski definition) is 0. The maximum atomic E-state index is 12.9. The lowest BCUT2D eigenvalue weighted by Gasteiger charge is -2.51. The Labute approximate surface area is 160 Å². The molecule has 142 valence electrons. The minimum Gasteiger partial charge on any atom is -0.550 e. The van der Waals surface area contributed by atoms with E-state index in [0.29, 0.717) is 6.61 Å². The molecule has 1 aliphatic rings. The van der Waals surface area contributed by atoms with Crippen LogP contribution in [0.4, 0.5) is 0 Å². The minimum atomic E-state index is -1.12. The molecule has 0 heterocycles. The van der Waals surface area contributed by atoms with Gasteiger partial charge in [-0.3, -0.25) is 4.79 Å². The van der Waals surface area contributed by atoms with E-state index in [9.17, 15) is 14.7 Å². The van der Waals surface area contributed by atoms with Crippen LogP contribution in [0.1, 0.15) is 49.1 Å². The summed E-state index contributed by atoms with van der Waals surface area (Å²) in [6.07, 6.45) is 2.88. The molecule has 4 nitrogen and oxygen atoms in total. The summed E-state index contributed by atoms with van der Waals surface area (Å²) in [4.78, 5) is 24.8. The van der Waals surface area contributed by atoms with Crippen molar-refractivity contribution < 1.29 is 19.4 Å². The quantitative estimate of drug-likeness (QED) is 0.532. The zero-order valence-corrected chi connectivity index (χ0v) is 15.5. The van der Waals surface area contributed by atoms with Crippen molar-refractivity contribution in [3.05, 3.63) is 71.8 Å². The van der Waals surface area contributed by atoms with E-state index < -0.39 is 29.6 Å². The van der Waals surface area contributed by atoms with Crippen molar-refractivity contribution in [1.29, 1.82) is 0 Å². The summed E-state index contributed by atoms with van der Waals surface area (Å²) in [5.41, 5.74) is 1.68. The lowest BCUT2D eigenvalue weighted by molar-refractivity contribution is -0.317. The first-order chi connectivity index (χ1) is 13.1. The molecule has 0 radical (unpaired) electrons. The van der Waals surface area contributed by atoms with Gasteiger partial charge in [-0.2, -0.15) is 0 Å². The molecule has 27 heavy (non-hydrogen) atoms. The summed E-state index contributed by atoms with van der Waals surface area (Å²) >= 11 is 0. The Morgan fingerprint density at radius 3 is 1.81 bits per heavy atom. The fraction of sp³-hybridized carbons (Fsp3) is 0.391. The average Bonchev–Trinajstić information content (AvgIpc) is 2.66. The molecule has 0 bridgehead atoms. The number of aliphatic carboxylic acids is 1. The normalized spacial score (nSPS) is 24.0. The molecule has 0 saturated heterocycles. The van der Waals surface area contributed by atoms with Gasteiger partial charge >= 0.3 is 5.97 Å². The van der Waals surface area contributed by atoms with Gasteiger partial charge in [0, 0.05) is 23.7 Å². The van der Waals surface area contributed by atoms with Gasteiger partial charge in [0.2, 0.25) is 0 Å². The van der Waals surface area contributed by atoms with E-state index >= 15 is 0 Å². The second kappa shape index (κ2) is 8.85. The van der Waals surface area contributed by atoms with Crippen LogP contribution in [0.15, 0.2) is 60.7 Å². The van der Waals surface area contributed by atoms with Crippen LogP contribution in [-0.4, -0.2) is 18.5 Å². The second-order valence-electron chi connectivity index (χ2n) is 7.12. The molecule has 0 aromatic heterocycles. The van der Waals surface area contributed by atoms with Crippen molar-refractivity contribution >= 4 is 11.9 Å². The molecule has 1 aliphatic carbocycles. The summed E-state index contributed by atoms with van der Waals surface area (Å²) < 4.78 is 5.53. The molecule has 0 aliphatic heterocycles. The molecule has 2 unspecified atom stereocenters. The highest BCUT2D eigenvalue weighted by Gasteiger charge is 2.56. The van der Waals surface area contributed by atoms with E-state index in [1.54, 1.807) is 0 Å². The number of ether oxygens (including phenoxy) is 1. The van der Waals surface area contributed by atoms with Crippen molar-refractivity contribution in [3.63, 3.8) is 0 Å². The monoisotopic (exact) mass is 365 g/mol. The predicted molar refractivity (Wildman–Crippen MR) is 101 cm³/mol. The van der Waals surface area contributed by atoms with Crippen LogP contribution in [0.2, 0.25) is 0 Å². The highest BCUT2D eigenvalue weighted by Crippen LogP contribution is 2.57. The Hall–Kier alpha value is -2.62. The van der Waals surface area contributed by atoms with E-state index in [1.807, 2.05) is 60.7 Å². The highest BCUT2D eigenvalue weighted by molar-refractivity contribution is 5.83. The van der Waals surface area contributed by atoms with Crippen molar-refractivity contribution in [1.82, 2.24) is 0 Å². The molecule has 0 amide bonds. The van der Waals surface area contributed by atoms with E-state index in [1.165, 1.54) is 0 Å². The number of hydrogen-bond acceptors (Lipinski definition) is 4. The molecule has 4 atom stereocenters. The van der Waals surface area contributed by atoms with Gasteiger partial charge in [0.05, 0.1) is 12.5 Å². The number of rotatable bonds is 8. The van der Waals surface area contributed by atoms with Gasteiger partial charge in [0.15, 0.2) is 0 Å². The van der Waals surface area contributed by atoms with Crippen LogP contribution < -0.4 is 5.11 Å². The number of carbonyl (C=O) groups is 2. The fourth-order valence-corrected chi connectivity index (χ4v) is 4.14. The molecule has 2 aromatic carbocycles. The topological polar surface area (TPSA) is 66.4 Å². The van der Waals surface area contributed by atoms with Crippen LogP contribution in [0.5, 0.6) is 0 Å². The predicted octanol–water partition coefficient (Wildman–Crippen LogP) is 3.28. The number of carboxylic acids is 1. The first-order valence-electron chi connectivity index (χ1n) is 9.62. The number of benzene rings is 2. The van der Waals surface area contributed by atoms with Crippen LogP contribution in [0.25, 0.3) is 0 Å². The molecule has 0 spiro atoms. The van der Waals surface area contributed by atoms with Crippen molar-refractivity contribution in [2.75, 3.05) is 6.61 Å². The smallest absolute Gasteiger partial charge is 0.310 e. The van der Waals surface area contributed by atoms with Crippen LogP contribution in [-0.2, 0) is 14.3 Å². The number of carboxylic acid groups (broad SMARTS) is 1. The Morgan fingerprint density at radius 1 is 0.852 bits per heavy atom. The van der Waals surface area contributed by atoms with E-state index in [0.717, 1.165) is 30.4 Å². The first-order valence-corrected chi connectivity index (χ1v) is 9.62. The largest absolute Gasteiger partial charge is 0.550 e. The fourth-order valence-electron chi connectivity index (χ4n) is 4.14. The molecular weight excluding hydrogens is 340 g/mol. The third-order valence-corrected chi connectivity index (χ3v) is 5.45. The summed E-state index contributed by atoms with van der Waals surface area (Å²) in [6, 6.07) is 18.7. The number of unbranched alkanes of at least 4 members (excludes halogenated alkanes) is 2. The van der Waals surface area contributed by atoms with Crippen molar-refractivity contribution in [3.8, 4) is 0 Å². The van der Waals surface area contributed by atoms with E-state index in [2.05, 4.69) is 6.92 Å². The Balaban J connectivity index is 1.90. The Bertz CT molecular complexity index is 709. The van der Waals surface area contributed by atoms with Crippen LogP contribution >= 0.6 is 0 Å². The van der Waals surface area contributed by atoms with E-state index in [4.69, 9.17) is 4.74 Å². The molecule has 1 fully saturated rings. The molecule has 1 saturated carbocycles. The van der Waals surface area contributed by atoms with Gasteiger partial charge in [0.1, 0.15) is 0 Å². The second-order valence-corrected chi connectivity index (χ2v) is 7.12. The molecular formula is C23H25O4-. The summed E-state index contributed by atoms with van der Waals surface area (Å²) in [6.45, 7) is 2.47. The Morgan fingerprint density at radius 2 is 1.37 bits per heavy atom. The molecule has 3 rings (SSSR count). The number of carbonyl (C=O) groups excluding carboxylic acids is 2. The maximum absolute atomic E-state index is 12.9. The van der Waals surface area contributed by atoms with Gasteiger partial charge < -0.3 is 14.6 Å². The van der Waals surface area contributed by atoms with Crippen LogP contribution in [0, 0.1) is 11.8 Å². The zero-order valence-electron chi connectivity index (χ0n) is 15.5. The SMILES string of the molecule is CCCCCOC(=O)C1[C@H](c2ccccc2)C(C(=O)[O-])[C@@H]1c1ccccc1. The van der Waals surface area contributed by atoms with Crippen molar-refractivity contribution in [2.24, 2.45) is 11.8 Å². The standard InChI is InChI=1S/C23H26O4/c1-2-3-10-15-27-23(26)21-18(16-11-6-4-7-12-16)20(22(24)25)19(21)17-13-8-5-9-14-17/h4-9,11-14,18-21H,2-3,10,15H2,1H3,(H,24,25)/p-1/t18-,19+,20?,21?. The van der Waals surface area contributed by atoms with Gasteiger partial charge in [-0.05, 0) is 17.5 Å². The van der Waals surface area contributed by atoms with Crippen molar-refractivity contribution in [2.45, 2.75) is 38.0 Å².